The molecule has 234 valence electrons. The first-order valence-electron chi connectivity index (χ1n) is 17.6. The summed E-state index contributed by atoms with van der Waals surface area (Å²) >= 11 is 0. The van der Waals surface area contributed by atoms with E-state index in [1.54, 1.807) is 0 Å². The summed E-state index contributed by atoms with van der Waals surface area (Å²) in [5.74, 6) is 0. The van der Waals surface area contributed by atoms with Crippen LogP contribution in [0.4, 0.5) is 17.1 Å². The van der Waals surface area contributed by atoms with Gasteiger partial charge in [-0.05, 0) is 116 Å². The highest BCUT2D eigenvalue weighted by atomic mass is 15.1. The summed E-state index contributed by atoms with van der Waals surface area (Å²) < 4.78 is 0. The number of aryl methyl sites for hydroxylation is 1. The van der Waals surface area contributed by atoms with Gasteiger partial charge >= 0.3 is 0 Å². The molecule has 0 heterocycles. The molecule has 0 fully saturated rings. The first-order chi connectivity index (χ1) is 24.1. The Hall–Kier alpha value is -5.66. The fourth-order valence-electron chi connectivity index (χ4n) is 9.57. The highest BCUT2D eigenvalue weighted by Gasteiger charge is 2.48. The van der Waals surface area contributed by atoms with E-state index in [1.807, 2.05) is 0 Å². The third-order valence-electron chi connectivity index (χ3n) is 11.7. The zero-order chi connectivity index (χ0) is 32.7. The zero-order valence-electron chi connectivity index (χ0n) is 27.9. The van der Waals surface area contributed by atoms with Crippen LogP contribution in [0.1, 0.15) is 53.6 Å². The van der Waals surface area contributed by atoms with Gasteiger partial charge in [0.2, 0.25) is 0 Å². The SMILES string of the molecule is CC1(C)c2ccccc2-c2cccc(-c3ccc(N(c4ccccc4)c4ccc5c(c4)C4(CCc6ccccc64)c4ccccc4-5)cc3)c21. The Bertz CT molecular complexity index is 2420. The molecule has 1 spiro atoms. The summed E-state index contributed by atoms with van der Waals surface area (Å²) in [7, 11) is 0. The van der Waals surface area contributed by atoms with Crippen LogP contribution < -0.4 is 4.90 Å². The Morgan fingerprint density at radius 3 is 1.80 bits per heavy atom. The van der Waals surface area contributed by atoms with Gasteiger partial charge in [0.1, 0.15) is 0 Å². The molecule has 7 aromatic rings. The third-order valence-corrected chi connectivity index (χ3v) is 11.7. The Morgan fingerprint density at radius 1 is 0.429 bits per heavy atom. The van der Waals surface area contributed by atoms with Crippen LogP contribution in [0.5, 0.6) is 0 Å². The largest absolute Gasteiger partial charge is 0.310 e. The van der Waals surface area contributed by atoms with Gasteiger partial charge in [0, 0.05) is 27.9 Å². The summed E-state index contributed by atoms with van der Waals surface area (Å²) in [5, 5.41) is 0. The molecule has 0 radical (unpaired) electrons. The van der Waals surface area contributed by atoms with Crippen LogP contribution in [0.25, 0.3) is 33.4 Å². The van der Waals surface area contributed by atoms with Crippen LogP contribution in [0.3, 0.4) is 0 Å². The summed E-state index contributed by atoms with van der Waals surface area (Å²) in [6, 6.07) is 61.2. The quantitative estimate of drug-likeness (QED) is 0.188. The second-order valence-electron chi connectivity index (χ2n) is 14.5. The zero-order valence-corrected chi connectivity index (χ0v) is 27.9. The fourth-order valence-corrected chi connectivity index (χ4v) is 9.57. The van der Waals surface area contributed by atoms with Gasteiger partial charge in [-0.3, -0.25) is 0 Å². The molecule has 1 atom stereocenters. The highest BCUT2D eigenvalue weighted by Crippen LogP contribution is 2.59. The summed E-state index contributed by atoms with van der Waals surface area (Å²) in [6.45, 7) is 4.74. The topological polar surface area (TPSA) is 3.24 Å². The van der Waals surface area contributed by atoms with Gasteiger partial charge in [0.25, 0.3) is 0 Å². The lowest BCUT2D eigenvalue weighted by Crippen LogP contribution is -2.24. The summed E-state index contributed by atoms with van der Waals surface area (Å²) in [4.78, 5) is 2.43. The van der Waals surface area contributed by atoms with Crippen molar-refractivity contribution in [1.29, 1.82) is 0 Å². The number of fused-ring (bicyclic) bond motifs is 10. The number of hydrogen-bond acceptors (Lipinski definition) is 1. The molecule has 0 aromatic heterocycles. The molecule has 3 aliphatic rings. The molecule has 0 bridgehead atoms. The number of nitrogens with zero attached hydrogens (tertiary/aromatic N) is 1. The van der Waals surface area contributed by atoms with E-state index in [9.17, 15) is 0 Å². The van der Waals surface area contributed by atoms with Gasteiger partial charge in [0.15, 0.2) is 0 Å². The molecular weight excluding hydrogens is 591 g/mol. The fraction of sp³-hybridized carbons (Fsp3) is 0.125. The van der Waals surface area contributed by atoms with Gasteiger partial charge in [-0.1, -0.05) is 141 Å². The average Bonchev–Trinajstić information content (AvgIpc) is 3.76. The van der Waals surface area contributed by atoms with E-state index in [0.29, 0.717) is 0 Å². The smallest absolute Gasteiger partial charge is 0.0470 e. The van der Waals surface area contributed by atoms with Crippen molar-refractivity contribution in [2.75, 3.05) is 4.90 Å². The molecule has 49 heavy (non-hydrogen) atoms. The summed E-state index contributed by atoms with van der Waals surface area (Å²) in [6.07, 6.45) is 2.20. The maximum absolute atomic E-state index is 2.49. The molecule has 0 aliphatic heterocycles. The predicted octanol–water partition coefficient (Wildman–Crippen LogP) is 12.4. The first-order valence-corrected chi connectivity index (χ1v) is 17.6. The Labute approximate surface area is 289 Å². The van der Waals surface area contributed by atoms with Crippen LogP contribution in [-0.2, 0) is 17.3 Å². The predicted molar refractivity (Wildman–Crippen MR) is 204 cm³/mol. The lowest BCUT2D eigenvalue weighted by Gasteiger charge is -2.31. The Balaban J connectivity index is 1.11. The van der Waals surface area contributed by atoms with E-state index in [2.05, 4.69) is 183 Å². The van der Waals surface area contributed by atoms with Gasteiger partial charge in [0.05, 0.1) is 0 Å². The monoisotopic (exact) mass is 627 g/mol. The number of para-hydroxylation sites is 1. The van der Waals surface area contributed by atoms with Crippen LogP contribution in [0.15, 0.2) is 164 Å². The van der Waals surface area contributed by atoms with Crippen molar-refractivity contribution in [2.45, 2.75) is 37.5 Å². The van der Waals surface area contributed by atoms with Crippen molar-refractivity contribution >= 4 is 17.1 Å². The molecule has 0 saturated carbocycles. The van der Waals surface area contributed by atoms with Crippen molar-refractivity contribution in [1.82, 2.24) is 0 Å². The van der Waals surface area contributed by atoms with Crippen molar-refractivity contribution in [3.63, 3.8) is 0 Å². The van der Waals surface area contributed by atoms with Crippen LogP contribution in [-0.4, -0.2) is 0 Å². The second-order valence-corrected chi connectivity index (χ2v) is 14.5. The standard InChI is InChI=1S/C48H37N/c1-47(2)43-21-10-7-17-39(43)41-19-12-18-37(46(41)47)32-23-25-35(26-24-32)49(34-14-4-3-5-15-34)36-27-28-40-38-16-8-11-22-44(38)48(45(40)31-36)30-29-33-13-6-9-20-42(33)48/h3-28,31H,29-30H2,1-2H3. The average molecular weight is 628 g/mol. The minimum atomic E-state index is -0.122. The van der Waals surface area contributed by atoms with E-state index in [0.717, 1.165) is 24.2 Å². The normalized spacial score (nSPS) is 17.3. The molecule has 1 heteroatoms. The molecule has 0 saturated heterocycles. The molecule has 3 aliphatic carbocycles. The first kappa shape index (κ1) is 28.4. The molecule has 1 unspecified atom stereocenters. The van der Waals surface area contributed by atoms with E-state index >= 15 is 0 Å². The second kappa shape index (κ2) is 10.4. The van der Waals surface area contributed by atoms with Crippen molar-refractivity contribution < 1.29 is 0 Å². The lowest BCUT2D eigenvalue weighted by atomic mass is 9.73. The van der Waals surface area contributed by atoms with Crippen molar-refractivity contribution in [3.8, 4) is 33.4 Å². The van der Waals surface area contributed by atoms with Crippen LogP contribution in [0, 0.1) is 0 Å². The van der Waals surface area contributed by atoms with Gasteiger partial charge < -0.3 is 4.90 Å². The van der Waals surface area contributed by atoms with E-state index in [1.165, 1.54) is 72.4 Å². The molecule has 7 aromatic carbocycles. The minimum absolute atomic E-state index is 0.0614. The van der Waals surface area contributed by atoms with E-state index in [4.69, 9.17) is 0 Å². The van der Waals surface area contributed by atoms with Crippen molar-refractivity contribution in [2.24, 2.45) is 0 Å². The van der Waals surface area contributed by atoms with Gasteiger partial charge in [-0.2, -0.15) is 0 Å². The maximum Gasteiger partial charge on any atom is 0.0470 e. The van der Waals surface area contributed by atoms with E-state index in [-0.39, 0.29) is 10.8 Å². The molecule has 10 rings (SSSR count). The summed E-state index contributed by atoms with van der Waals surface area (Å²) in [5.41, 5.74) is 20.0. The number of rotatable bonds is 4. The Kier molecular flexibility index (Phi) is 6.03. The van der Waals surface area contributed by atoms with Crippen LogP contribution in [0.2, 0.25) is 0 Å². The van der Waals surface area contributed by atoms with Crippen molar-refractivity contribution in [3.05, 3.63) is 197 Å². The minimum Gasteiger partial charge on any atom is -0.310 e. The third kappa shape index (κ3) is 3.93. The Morgan fingerprint density at radius 2 is 1.00 bits per heavy atom. The highest BCUT2D eigenvalue weighted by molar-refractivity contribution is 5.90. The number of benzene rings is 7. The molecule has 0 amide bonds. The van der Waals surface area contributed by atoms with E-state index < -0.39 is 0 Å². The van der Waals surface area contributed by atoms with Gasteiger partial charge in [-0.25, -0.2) is 0 Å². The molecular formula is C48H37N. The molecule has 0 N–H and O–H groups in total. The van der Waals surface area contributed by atoms with Gasteiger partial charge in [-0.15, -0.1) is 0 Å². The maximum atomic E-state index is 2.49. The van der Waals surface area contributed by atoms with Crippen LogP contribution >= 0.6 is 0 Å². The lowest BCUT2D eigenvalue weighted by molar-refractivity contribution is 0.626. The molecule has 1 nitrogen and oxygen atoms in total. The number of anilines is 3. The number of hydrogen-bond donors (Lipinski definition) is 0.